The molecular weight excluding hydrogens is 454 g/mol. The number of hydrogen-bond donors (Lipinski definition) is 1. The molecule has 0 aliphatic heterocycles. The number of nitrogens with two attached hydrogens (primary N) is 1. The van der Waals surface area contributed by atoms with E-state index in [1.54, 1.807) is 59.7 Å². The molecule has 0 saturated carbocycles. The molecule has 0 aromatic heterocycles. The molecule has 2 amide bonds. The molecule has 167 valence electrons. The maximum atomic E-state index is 12.7. The summed E-state index contributed by atoms with van der Waals surface area (Å²) in [6.45, 7) is 14.6. The second kappa shape index (κ2) is 10.7. The Morgan fingerprint density at radius 3 is 2.23 bits per heavy atom. The van der Waals surface area contributed by atoms with Crippen LogP contribution in [0.25, 0.3) is 0 Å². The number of aliphatic imine (C=N–C) groups is 1. The third-order valence-corrected chi connectivity index (χ3v) is 3.85. The number of carbonyl (C=O) groups is 2. The van der Waals surface area contributed by atoms with Crippen LogP contribution in [0.4, 0.5) is 9.59 Å². The summed E-state index contributed by atoms with van der Waals surface area (Å²) in [6, 6.07) is 5.33. The number of nitrogens with zero attached hydrogens (tertiary/aromatic N) is 2. The largest absolute Gasteiger partial charge is 0.492 e. The molecule has 0 aliphatic rings. The topological polar surface area (TPSA) is 103 Å². The zero-order valence-electron chi connectivity index (χ0n) is 18.5. The lowest BCUT2D eigenvalue weighted by Crippen LogP contribution is -2.44. The van der Waals surface area contributed by atoms with E-state index in [9.17, 15) is 9.59 Å². The van der Waals surface area contributed by atoms with Gasteiger partial charge in [0.25, 0.3) is 0 Å². The predicted octanol–water partition coefficient (Wildman–Crippen LogP) is 5.04. The van der Waals surface area contributed by atoms with E-state index >= 15 is 0 Å². The zero-order valence-corrected chi connectivity index (χ0v) is 20.0. The molecule has 1 rings (SSSR count). The number of carbonyl (C=O) groups excluding carboxylic acids is 2. The molecular formula is C21H31BrN3O5. The summed E-state index contributed by atoms with van der Waals surface area (Å²) in [7, 11) is 0. The fraction of sp³-hybridized carbons (Fsp3) is 0.524. The molecule has 0 aliphatic carbocycles. The number of halogens is 1. The van der Waals surface area contributed by atoms with Gasteiger partial charge in [-0.15, -0.1) is 4.99 Å². The molecule has 0 unspecified atom stereocenters. The summed E-state index contributed by atoms with van der Waals surface area (Å²) >= 11 is 3.45. The normalized spacial score (nSPS) is 12.3. The van der Waals surface area contributed by atoms with Crippen molar-refractivity contribution in [3.05, 3.63) is 35.2 Å². The van der Waals surface area contributed by atoms with Gasteiger partial charge in [0.2, 0.25) is 5.96 Å². The average Bonchev–Trinajstić information content (AvgIpc) is 2.55. The number of rotatable bonds is 5. The molecule has 9 heteroatoms. The van der Waals surface area contributed by atoms with Crippen LogP contribution in [0.15, 0.2) is 27.7 Å². The molecule has 1 aromatic carbocycles. The van der Waals surface area contributed by atoms with Crippen LogP contribution in [0.2, 0.25) is 0 Å². The summed E-state index contributed by atoms with van der Waals surface area (Å²) < 4.78 is 16.9. The molecule has 0 saturated heterocycles. The summed E-state index contributed by atoms with van der Waals surface area (Å²) in [5, 5.41) is 0. The van der Waals surface area contributed by atoms with Gasteiger partial charge in [0, 0.05) is 0 Å². The van der Waals surface area contributed by atoms with Gasteiger partial charge >= 0.3 is 12.2 Å². The van der Waals surface area contributed by atoms with E-state index in [1.807, 2.05) is 0 Å². The van der Waals surface area contributed by atoms with Gasteiger partial charge in [0.05, 0.1) is 17.6 Å². The lowest BCUT2D eigenvalue weighted by atomic mass is 10.2. The van der Waals surface area contributed by atoms with E-state index in [4.69, 9.17) is 19.9 Å². The van der Waals surface area contributed by atoms with Crippen LogP contribution < -0.4 is 10.5 Å². The molecule has 1 radical (unpaired) electrons. The minimum Gasteiger partial charge on any atom is -0.492 e. The van der Waals surface area contributed by atoms with E-state index in [0.29, 0.717) is 23.2 Å². The highest BCUT2D eigenvalue weighted by molar-refractivity contribution is 9.10. The van der Waals surface area contributed by atoms with E-state index < -0.39 is 23.4 Å². The Bertz CT molecular complexity index is 782. The van der Waals surface area contributed by atoms with Crippen molar-refractivity contribution in [2.75, 3.05) is 6.61 Å². The number of guanidine groups is 1. The Labute approximate surface area is 186 Å². The standard InChI is InChI=1S/C21H31BrN3O5/c1-8-11-28-16-10-9-14(12-15(16)22)13-25(19(27)30-21(5,6)7)17(23)24-18(26)29-20(2,3)4/h9-10,12H,1,8,11,13H2,2-7H3,(H2,23,24,26). The third-order valence-electron chi connectivity index (χ3n) is 3.23. The average molecular weight is 485 g/mol. The van der Waals surface area contributed by atoms with Crippen LogP contribution in [-0.2, 0) is 16.0 Å². The van der Waals surface area contributed by atoms with Gasteiger partial charge in [-0.2, -0.15) is 0 Å². The molecule has 0 spiro atoms. The van der Waals surface area contributed by atoms with Gasteiger partial charge in [0.15, 0.2) is 0 Å². The van der Waals surface area contributed by atoms with E-state index in [2.05, 4.69) is 27.8 Å². The highest BCUT2D eigenvalue weighted by atomic mass is 79.9. The lowest BCUT2D eigenvalue weighted by molar-refractivity contribution is 0.0356. The monoisotopic (exact) mass is 484 g/mol. The van der Waals surface area contributed by atoms with Crippen LogP contribution in [0.3, 0.4) is 0 Å². The van der Waals surface area contributed by atoms with Gasteiger partial charge in [-0.25, -0.2) is 14.5 Å². The van der Waals surface area contributed by atoms with Gasteiger partial charge in [-0.3, -0.25) is 0 Å². The van der Waals surface area contributed by atoms with Crippen LogP contribution in [-0.4, -0.2) is 40.9 Å². The van der Waals surface area contributed by atoms with Gasteiger partial charge in [-0.1, -0.05) is 6.07 Å². The number of ether oxygens (including phenoxy) is 3. The molecule has 0 heterocycles. The highest BCUT2D eigenvalue weighted by Crippen LogP contribution is 2.27. The minimum atomic E-state index is -0.897. The van der Waals surface area contributed by atoms with Crippen LogP contribution >= 0.6 is 15.9 Å². The maximum absolute atomic E-state index is 12.7. The molecule has 8 nitrogen and oxygen atoms in total. The van der Waals surface area contributed by atoms with Gasteiger partial charge in [-0.05, 0) is 88.5 Å². The van der Waals surface area contributed by atoms with E-state index in [-0.39, 0.29) is 12.5 Å². The fourth-order valence-corrected chi connectivity index (χ4v) is 2.66. The maximum Gasteiger partial charge on any atom is 0.437 e. The molecule has 1 aromatic rings. The first-order chi connectivity index (χ1) is 13.7. The van der Waals surface area contributed by atoms with Gasteiger partial charge in [0.1, 0.15) is 17.0 Å². The van der Waals surface area contributed by atoms with E-state index in [0.717, 1.165) is 10.5 Å². The molecule has 30 heavy (non-hydrogen) atoms. The summed E-state index contributed by atoms with van der Waals surface area (Å²) in [4.78, 5) is 29.5. The summed E-state index contributed by atoms with van der Waals surface area (Å²) in [5.41, 5.74) is 5.19. The zero-order chi connectivity index (χ0) is 23.1. The van der Waals surface area contributed by atoms with Gasteiger partial charge < -0.3 is 19.9 Å². The van der Waals surface area contributed by atoms with Crippen molar-refractivity contribution in [3.8, 4) is 5.75 Å². The molecule has 0 atom stereocenters. The van der Waals surface area contributed by atoms with E-state index in [1.165, 1.54) is 0 Å². The predicted molar refractivity (Wildman–Crippen MR) is 119 cm³/mol. The fourth-order valence-electron chi connectivity index (χ4n) is 2.12. The van der Waals surface area contributed by atoms with Crippen LogP contribution in [0.1, 0.15) is 53.5 Å². The lowest BCUT2D eigenvalue weighted by Gasteiger charge is -2.27. The molecule has 0 bridgehead atoms. The van der Waals surface area contributed by atoms with Crippen molar-refractivity contribution >= 4 is 34.1 Å². The molecule has 2 N–H and O–H groups in total. The first-order valence-corrected chi connectivity index (χ1v) is 10.3. The number of amides is 2. The Morgan fingerprint density at radius 1 is 1.13 bits per heavy atom. The van der Waals surface area contributed by atoms with Crippen LogP contribution in [0, 0.1) is 6.92 Å². The number of hydrogen-bond acceptors (Lipinski definition) is 5. The first-order valence-electron chi connectivity index (χ1n) is 9.50. The smallest absolute Gasteiger partial charge is 0.437 e. The van der Waals surface area contributed by atoms with Crippen LogP contribution in [0.5, 0.6) is 5.75 Å². The van der Waals surface area contributed by atoms with Crippen molar-refractivity contribution in [1.82, 2.24) is 4.90 Å². The Morgan fingerprint density at radius 2 is 1.73 bits per heavy atom. The van der Waals surface area contributed by atoms with Crippen molar-refractivity contribution in [3.63, 3.8) is 0 Å². The van der Waals surface area contributed by atoms with Crippen molar-refractivity contribution in [1.29, 1.82) is 0 Å². The van der Waals surface area contributed by atoms with Crippen molar-refractivity contribution in [2.24, 2.45) is 10.7 Å². The number of benzene rings is 1. The minimum absolute atomic E-state index is 0.0290. The SMILES string of the molecule is [CH2]CCOc1ccc(CN(C(=O)OC(C)(C)C)/C(N)=N/C(=O)OC(C)(C)C)cc1Br. The summed E-state index contributed by atoms with van der Waals surface area (Å²) in [6.07, 6.45) is -0.995. The summed E-state index contributed by atoms with van der Waals surface area (Å²) in [5.74, 6) is 0.327. The Balaban J connectivity index is 3.14. The Kier molecular flexibility index (Phi) is 9.14. The quantitative estimate of drug-likeness (QED) is 0.463. The highest BCUT2D eigenvalue weighted by Gasteiger charge is 2.26. The second-order valence-electron chi connectivity index (χ2n) is 8.48. The molecule has 0 fully saturated rings. The second-order valence-corrected chi connectivity index (χ2v) is 9.34. The Hall–Kier alpha value is -2.29. The first kappa shape index (κ1) is 25.7. The van der Waals surface area contributed by atoms with Crippen molar-refractivity contribution < 1.29 is 23.8 Å². The third kappa shape index (κ3) is 9.47. The van der Waals surface area contributed by atoms with Crippen molar-refractivity contribution in [2.45, 2.75) is 65.7 Å².